The predicted molar refractivity (Wildman–Crippen MR) is 100 cm³/mol. The van der Waals surface area contributed by atoms with Crippen LogP contribution in [0.15, 0.2) is 34.9 Å². The smallest absolute Gasteiger partial charge is 0.338 e. The van der Waals surface area contributed by atoms with Crippen molar-refractivity contribution in [2.75, 3.05) is 11.9 Å². The van der Waals surface area contributed by atoms with Gasteiger partial charge < -0.3 is 20.5 Å². The van der Waals surface area contributed by atoms with E-state index in [-0.39, 0.29) is 35.3 Å². The minimum atomic E-state index is -0.802. The number of amides is 1. The van der Waals surface area contributed by atoms with Crippen LogP contribution >= 0.6 is 0 Å². The number of allylic oxidation sites excluding steroid dienone is 2. The molecule has 1 aliphatic heterocycles. The number of hydrogen-bond donors (Lipinski definition) is 2. The van der Waals surface area contributed by atoms with Crippen LogP contribution in [0.4, 0.5) is 5.69 Å². The highest BCUT2D eigenvalue weighted by Crippen LogP contribution is 2.43. The fourth-order valence-corrected chi connectivity index (χ4v) is 3.04. The van der Waals surface area contributed by atoms with Gasteiger partial charge in [0.15, 0.2) is 0 Å². The molecule has 7 heteroatoms. The van der Waals surface area contributed by atoms with E-state index >= 15 is 0 Å². The Morgan fingerprint density at radius 3 is 2.48 bits per heavy atom. The molecule has 0 saturated carbocycles. The third kappa shape index (κ3) is 3.95. The van der Waals surface area contributed by atoms with Gasteiger partial charge >= 0.3 is 5.97 Å². The summed E-state index contributed by atoms with van der Waals surface area (Å²) >= 11 is 0. The first-order valence-electron chi connectivity index (χ1n) is 8.55. The topological polar surface area (TPSA) is 114 Å². The van der Waals surface area contributed by atoms with Crippen LogP contribution in [0, 0.1) is 25.2 Å². The molecule has 1 aliphatic rings. The summed E-state index contributed by atoms with van der Waals surface area (Å²) < 4.78 is 10.6. The molecule has 1 heterocycles. The summed E-state index contributed by atoms with van der Waals surface area (Å²) in [6.07, 6.45) is 0. The normalized spacial score (nSPS) is 16.5. The lowest BCUT2D eigenvalue weighted by Crippen LogP contribution is -2.26. The largest absolute Gasteiger partial charge is 0.463 e. The first-order chi connectivity index (χ1) is 12.7. The molecular weight excluding hydrogens is 346 g/mol. The lowest BCUT2D eigenvalue weighted by Gasteiger charge is -2.28. The van der Waals surface area contributed by atoms with E-state index in [4.69, 9.17) is 15.2 Å². The van der Waals surface area contributed by atoms with Crippen LogP contribution in [-0.4, -0.2) is 18.5 Å². The summed E-state index contributed by atoms with van der Waals surface area (Å²) in [5.74, 6) is -1.46. The standard InChI is InChI=1S/C20H23N3O4/c1-6-26-20(25)17-12(4)27-19(22)15(9-21)18(17)14-7-10(2)11(3)8-16(14)23-13(5)24/h7-8,18H,6,22H2,1-5H3,(H,23,24). The number of nitrogens with two attached hydrogens (primary N) is 1. The molecule has 0 radical (unpaired) electrons. The van der Waals surface area contributed by atoms with Crippen molar-refractivity contribution >= 4 is 17.6 Å². The Hall–Kier alpha value is -3.27. The average Bonchev–Trinajstić information content (AvgIpc) is 2.57. The molecule has 0 saturated heterocycles. The predicted octanol–water partition coefficient (Wildman–Crippen LogP) is 2.91. The van der Waals surface area contributed by atoms with Gasteiger partial charge in [-0.25, -0.2) is 4.79 Å². The Morgan fingerprint density at radius 1 is 1.30 bits per heavy atom. The van der Waals surface area contributed by atoms with Crippen LogP contribution in [0.5, 0.6) is 0 Å². The molecule has 0 aromatic heterocycles. The van der Waals surface area contributed by atoms with Crippen molar-refractivity contribution in [3.05, 3.63) is 51.6 Å². The number of benzene rings is 1. The zero-order valence-corrected chi connectivity index (χ0v) is 16.1. The monoisotopic (exact) mass is 369 g/mol. The molecule has 2 rings (SSSR count). The molecule has 1 amide bonds. The maximum absolute atomic E-state index is 12.6. The van der Waals surface area contributed by atoms with Gasteiger partial charge in [0, 0.05) is 12.6 Å². The van der Waals surface area contributed by atoms with Crippen molar-refractivity contribution in [3.63, 3.8) is 0 Å². The number of nitrogens with one attached hydrogen (secondary N) is 1. The fraction of sp³-hybridized carbons (Fsp3) is 0.350. The van der Waals surface area contributed by atoms with Gasteiger partial charge in [-0.3, -0.25) is 4.79 Å². The van der Waals surface area contributed by atoms with Crippen molar-refractivity contribution in [1.29, 1.82) is 5.26 Å². The van der Waals surface area contributed by atoms with Crippen molar-refractivity contribution in [3.8, 4) is 6.07 Å². The van der Waals surface area contributed by atoms with E-state index in [2.05, 4.69) is 5.32 Å². The number of carbonyl (C=O) groups excluding carboxylic acids is 2. The summed E-state index contributed by atoms with van der Waals surface area (Å²) in [6.45, 7) is 8.69. The highest BCUT2D eigenvalue weighted by molar-refractivity contribution is 5.95. The Balaban J connectivity index is 2.78. The number of aryl methyl sites for hydroxylation is 2. The van der Waals surface area contributed by atoms with Crippen LogP contribution in [0.2, 0.25) is 0 Å². The summed E-state index contributed by atoms with van der Waals surface area (Å²) in [5.41, 5.74) is 9.21. The quantitative estimate of drug-likeness (QED) is 0.789. The average molecular weight is 369 g/mol. The Morgan fingerprint density at radius 2 is 1.93 bits per heavy atom. The molecule has 1 unspecified atom stereocenters. The van der Waals surface area contributed by atoms with Crippen molar-refractivity contribution in [2.45, 2.75) is 40.5 Å². The first-order valence-corrected chi connectivity index (χ1v) is 8.55. The molecule has 1 aromatic carbocycles. The van der Waals surface area contributed by atoms with Crippen LogP contribution in [0.1, 0.15) is 43.4 Å². The lowest BCUT2D eigenvalue weighted by molar-refractivity contribution is -0.139. The molecular formula is C20H23N3O4. The lowest BCUT2D eigenvalue weighted by atomic mass is 9.81. The molecule has 3 N–H and O–H groups in total. The molecule has 0 spiro atoms. The van der Waals surface area contributed by atoms with E-state index < -0.39 is 11.9 Å². The molecule has 0 aliphatic carbocycles. The first kappa shape index (κ1) is 20.0. The molecule has 7 nitrogen and oxygen atoms in total. The number of anilines is 1. The molecule has 1 atom stereocenters. The molecule has 27 heavy (non-hydrogen) atoms. The zero-order valence-electron chi connectivity index (χ0n) is 16.1. The third-order valence-corrected chi connectivity index (χ3v) is 4.39. The van der Waals surface area contributed by atoms with Gasteiger partial charge in [-0.2, -0.15) is 5.26 Å². The SMILES string of the molecule is CCOC(=O)C1=C(C)OC(N)=C(C#N)C1c1cc(C)c(C)cc1NC(C)=O. The van der Waals surface area contributed by atoms with Crippen LogP contribution < -0.4 is 11.1 Å². The Kier molecular flexibility index (Phi) is 5.91. The highest BCUT2D eigenvalue weighted by atomic mass is 16.5. The van der Waals surface area contributed by atoms with Gasteiger partial charge in [-0.05, 0) is 50.5 Å². The van der Waals surface area contributed by atoms with E-state index in [0.717, 1.165) is 11.1 Å². The maximum atomic E-state index is 12.6. The van der Waals surface area contributed by atoms with Gasteiger partial charge in [0.25, 0.3) is 0 Å². The molecule has 0 bridgehead atoms. The van der Waals surface area contributed by atoms with E-state index in [1.165, 1.54) is 6.92 Å². The maximum Gasteiger partial charge on any atom is 0.338 e. The number of rotatable bonds is 4. The second-order valence-corrected chi connectivity index (χ2v) is 6.32. The number of esters is 1. The van der Waals surface area contributed by atoms with Gasteiger partial charge in [-0.1, -0.05) is 6.07 Å². The third-order valence-electron chi connectivity index (χ3n) is 4.39. The number of nitriles is 1. The zero-order chi connectivity index (χ0) is 20.3. The van der Waals surface area contributed by atoms with Crippen LogP contribution in [0.3, 0.4) is 0 Å². The van der Waals surface area contributed by atoms with Gasteiger partial charge in [0.2, 0.25) is 11.8 Å². The highest BCUT2D eigenvalue weighted by Gasteiger charge is 2.37. The second-order valence-electron chi connectivity index (χ2n) is 6.32. The van der Waals surface area contributed by atoms with Gasteiger partial charge in [0.1, 0.15) is 17.4 Å². The summed E-state index contributed by atoms with van der Waals surface area (Å²) in [7, 11) is 0. The van der Waals surface area contributed by atoms with Gasteiger partial charge in [0.05, 0.1) is 18.1 Å². The van der Waals surface area contributed by atoms with Gasteiger partial charge in [-0.15, -0.1) is 0 Å². The summed E-state index contributed by atoms with van der Waals surface area (Å²) in [4.78, 5) is 24.3. The van der Waals surface area contributed by atoms with Crippen LogP contribution in [-0.2, 0) is 19.1 Å². The number of ether oxygens (including phenoxy) is 2. The van der Waals surface area contributed by atoms with E-state index in [9.17, 15) is 14.9 Å². The summed E-state index contributed by atoms with van der Waals surface area (Å²) in [5, 5.41) is 12.5. The molecule has 1 aromatic rings. The Labute approximate surface area is 158 Å². The van der Waals surface area contributed by atoms with E-state index in [1.807, 2.05) is 32.0 Å². The van der Waals surface area contributed by atoms with Crippen molar-refractivity contribution < 1.29 is 19.1 Å². The number of carbonyl (C=O) groups is 2. The van der Waals surface area contributed by atoms with Crippen molar-refractivity contribution in [2.24, 2.45) is 5.73 Å². The molecule has 0 fully saturated rings. The minimum Gasteiger partial charge on any atom is -0.463 e. The number of hydrogen-bond acceptors (Lipinski definition) is 6. The van der Waals surface area contributed by atoms with Crippen LogP contribution in [0.25, 0.3) is 0 Å². The van der Waals surface area contributed by atoms with E-state index in [1.54, 1.807) is 13.8 Å². The minimum absolute atomic E-state index is 0.0694. The van der Waals surface area contributed by atoms with Crippen molar-refractivity contribution in [1.82, 2.24) is 0 Å². The molecule has 142 valence electrons. The van der Waals surface area contributed by atoms with E-state index in [0.29, 0.717) is 11.3 Å². The summed E-state index contributed by atoms with van der Waals surface area (Å²) in [6, 6.07) is 5.69. The second kappa shape index (κ2) is 7.96. The Bertz CT molecular complexity index is 907. The fourth-order valence-electron chi connectivity index (χ4n) is 3.04. The number of nitrogens with zero attached hydrogens (tertiary/aromatic N) is 1.